The molecule has 0 radical (unpaired) electrons. The minimum atomic E-state index is -0.647. The third-order valence-electron chi connectivity index (χ3n) is 5.28. The molecule has 0 aromatic rings. The lowest BCUT2D eigenvalue weighted by atomic mass is 9.58. The summed E-state index contributed by atoms with van der Waals surface area (Å²) in [6, 6.07) is 0. The molecule has 2 nitrogen and oxygen atoms in total. The van der Waals surface area contributed by atoms with Gasteiger partial charge in [-0.05, 0) is 49.4 Å². The first kappa shape index (κ1) is 11.3. The van der Waals surface area contributed by atoms with Gasteiger partial charge in [0.05, 0.1) is 0 Å². The highest BCUT2D eigenvalue weighted by Crippen LogP contribution is 2.50. The van der Waals surface area contributed by atoms with Crippen LogP contribution in [0.4, 0.5) is 0 Å². The first-order chi connectivity index (χ1) is 8.27. The Morgan fingerprint density at radius 1 is 1.00 bits per heavy atom. The number of aliphatic carboxylic acids is 1. The van der Waals surface area contributed by atoms with E-state index >= 15 is 0 Å². The van der Waals surface area contributed by atoms with E-state index in [-0.39, 0.29) is 0 Å². The lowest BCUT2D eigenvalue weighted by Crippen LogP contribution is -2.39. The standard InChI is InChI=1S/C15H22O2/c16-15(17)14-9-10-5-1-2-6-11(10)12-7-3-4-8-13(12)14/h9-13H,1-8H2,(H,16,17). The summed E-state index contributed by atoms with van der Waals surface area (Å²) in [5.74, 6) is 1.79. The summed E-state index contributed by atoms with van der Waals surface area (Å²) in [5.41, 5.74) is 0.762. The molecule has 0 spiro atoms. The zero-order chi connectivity index (χ0) is 11.8. The summed E-state index contributed by atoms with van der Waals surface area (Å²) in [6.07, 6.45) is 12.3. The molecule has 2 saturated carbocycles. The van der Waals surface area contributed by atoms with Gasteiger partial charge in [0.25, 0.3) is 0 Å². The second-order valence-electron chi connectivity index (χ2n) is 6.09. The minimum Gasteiger partial charge on any atom is -0.478 e. The summed E-state index contributed by atoms with van der Waals surface area (Å²) < 4.78 is 0. The zero-order valence-electron chi connectivity index (χ0n) is 10.4. The second-order valence-corrected chi connectivity index (χ2v) is 6.09. The van der Waals surface area contributed by atoms with Gasteiger partial charge in [-0.25, -0.2) is 4.79 Å². The lowest BCUT2D eigenvalue weighted by molar-refractivity contribution is -0.134. The number of allylic oxidation sites excluding steroid dienone is 1. The zero-order valence-corrected chi connectivity index (χ0v) is 10.4. The van der Waals surface area contributed by atoms with Gasteiger partial charge in [0, 0.05) is 5.57 Å². The summed E-state index contributed by atoms with van der Waals surface area (Å²) >= 11 is 0. The first-order valence-electron chi connectivity index (χ1n) is 7.22. The molecular formula is C15H22O2. The van der Waals surface area contributed by atoms with Gasteiger partial charge in [0.15, 0.2) is 0 Å². The summed E-state index contributed by atoms with van der Waals surface area (Å²) in [6.45, 7) is 0. The molecule has 0 heterocycles. The van der Waals surface area contributed by atoms with Gasteiger partial charge in [0.2, 0.25) is 0 Å². The number of rotatable bonds is 1. The van der Waals surface area contributed by atoms with Crippen LogP contribution >= 0.6 is 0 Å². The van der Waals surface area contributed by atoms with E-state index in [1.165, 1.54) is 44.9 Å². The molecule has 0 saturated heterocycles. The Hall–Kier alpha value is -0.790. The number of carboxylic acid groups (broad SMARTS) is 1. The molecule has 1 N–H and O–H groups in total. The van der Waals surface area contributed by atoms with Crippen LogP contribution in [0.1, 0.15) is 51.4 Å². The predicted molar refractivity (Wildman–Crippen MR) is 66.6 cm³/mol. The number of carboxylic acids is 1. The Kier molecular flexibility index (Phi) is 2.97. The summed E-state index contributed by atoms with van der Waals surface area (Å²) in [5, 5.41) is 9.40. The molecule has 0 aliphatic heterocycles. The molecule has 3 aliphatic rings. The van der Waals surface area contributed by atoms with Gasteiger partial charge >= 0.3 is 5.97 Å². The highest BCUT2D eigenvalue weighted by molar-refractivity contribution is 5.87. The molecule has 0 aromatic carbocycles. The average molecular weight is 234 g/mol. The van der Waals surface area contributed by atoms with Crippen molar-refractivity contribution in [3.63, 3.8) is 0 Å². The Balaban J connectivity index is 1.93. The van der Waals surface area contributed by atoms with Crippen LogP contribution in [0.3, 0.4) is 0 Å². The molecule has 2 fully saturated rings. The van der Waals surface area contributed by atoms with Crippen LogP contribution in [-0.4, -0.2) is 11.1 Å². The molecule has 4 atom stereocenters. The third-order valence-corrected chi connectivity index (χ3v) is 5.28. The number of hydrogen-bond donors (Lipinski definition) is 1. The van der Waals surface area contributed by atoms with Crippen LogP contribution < -0.4 is 0 Å². The normalized spacial score (nSPS) is 41.1. The predicted octanol–water partition coefficient (Wildman–Crippen LogP) is 3.62. The van der Waals surface area contributed by atoms with Gasteiger partial charge in [-0.3, -0.25) is 0 Å². The average Bonchev–Trinajstić information content (AvgIpc) is 2.37. The fourth-order valence-electron chi connectivity index (χ4n) is 4.57. The van der Waals surface area contributed by atoms with Crippen molar-refractivity contribution >= 4 is 5.97 Å². The van der Waals surface area contributed by atoms with E-state index in [0.29, 0.717) is 17.8 Å². The smallest absolute Gasteiger partial charge is 0.331 e. The largest absolute Gasteiger partial charge is 0.478 e. The molecule has 4 unspecified atom stereocenters. The van der Waals surface area contributed by atoms with Gasteiger partial charge < -0.3 is 5.11 Å². The molecule has 17 heavy (non-hydrogen) atoms. The fraction of sp³-hybridized carbons (Fsp3) is 0.800. The van der Waals surface area contributed by atoms with Gasteiger partial charge in [0.1, 0.15) is 0 Å². The van der Waals surface area contributed by atoms with Crippen molar-refractivity contribution in [2.24, 2.45) is 23.7 Å². The molecule has 3 rings (SSSR count). The van der Waals surface area contributed by atoms with Crippen molar-refractivity contribution in [3.8, 4) is 0 Å². The fourth-order valence-corrected chi connectivity index (χ4v) is 4.57. The van der Waals surface area contributed by atoms with Crippen LogP contribution in [0.5, 0.6) is 0 Å². The highest BCUT2D eigenvalue weighted by Gasteiger charge is 2.43. The summed E-state index contributed by atoms with van der Waals surface area (Å²) in [4.78, 5) is 11.4. The van der Waals surface area contributed by atoms with Crippen LogP contribution in [0.15, 0.2) is 11.6 Å². The van der Waals surface area contributed by atoms with E-state index in [1.807, 2.05) is 0 Å². The van der Waals surface area contributed by atoms with Crippen LogP contribution in [0.25, 0.3) is 0 Å². The van der Waals surface area contributed by atoms with E-state index in [4.69, 9.17) is 0 Å². The summed E-state index contributed by atoms with van der Waals surface area (Å²) in [7, 11) is 0. The van der Waals surface area contributed by atoms with Crippen molar-refractivity contribution in [2.75, 3.05) is 0 Å². The van der Waals surface area contributed by atoms with Crippen molar-refractivity contribution < 1.29 is 9.90 Å². The van der Waals surface area contributed by atoms with Crippen molar-refractivity contribution in [1.29, 1.82) is 0 Å². The van der Waals surface area contributed by atoms with E-state index in [1.54, 1.807) is 0 Å². The molecule has 0 aromatic heterocycles. The Morgan fingerprint density at radius 3 is 2.41 bits per heavy atom. The maximum Gasteiger partial charge on any atom is 0.331 e. The molecule has 2 heteroatoms. The van der Waals surface area contributed by atoms with E-state index < -0.39 is 5.97 Å². The first-order valence-corrected chi connectivity index (χ1v) is 7.22. The maximum atomic E-state index is 11.4. The van der Waals surface area contributed by atoms with Crippen molar-refractivity contribution in [1.82, 2.24) is 0 Å². The number of carbonyl (C=O) groups is 1. The van der Waals surface area contributed by atoms with Gasteiger partial charge in [-0.1, -0.05) is 31.8 Å². The quantitative estimate of drug-likeness (QED) is 0.752. The molecular weight excluding hydrogens is 212 g/mol. The Bertz CT molecular complexity index is 345. The third kappa shape index (κ3) is 1.92. The molecule has 3 aliphatic carbocycles. The topological polar surface area (TPSA) is 37.3 Å². The monoisotopic (exact) mass is 234 g/mol. The molecule has 94 valence electrons. The Labute approximate surface area is 103 Å². The van der Waals surface area contributed by atoms with E-state index in [0.717, 1.165) is 17.9 Å². The van der Waals surface area contributed by atoms with E-state index in [2.05, 4.69) is 6.08 Å². The van der Waals surface area contributed by atoms with Crippen LogP contribution in [0, 0.1) is 23.7 Å². The second kappa shape index (κ2) is 4.47. The lowest BCUT2D eigenvalue weighted by Gasteiger charge is -2.46. The van der Waals surface area contributed by atoms with Crippen molar-refractivity contribution in [3.05, 3.63) is 11.6 Å². The van der Waals surface area contributed by atoms with Crippen LogP contribution in [0.2, 0.25) is 0 Å². The van der Waals surface area contributed by atoms with Gasteiger partial charge in [-0.15, -0.1) is 0 Å². The minimum absolute atomic E-state index is 0.376. The maximum absolute atomic E-state index is 11.4. The molecule has 0 amide bonds. The van der Waals surface area contributed by atoms with Crippen LogP contribution in [-0.2, 0) is 4.79 Å². The highest BCUT2D eigenvalue weighted by atomic mass is 16.4. The number of fused-ring (bicyclic) bond motifs is 3. The number of hydrogen-bond acceptors (Lipinski definition) is 1. The molecule has 0 bridgehead atoms. The SMILES string of the molecule is O=C(O)C1=CC2CCCCC2C2CCCCC12. The van der Waals surface area contributed by atoms with Gasteiger partial charge in [-0.2, -0.15) is 0 Å². The Morgan fingerprint density at radius 2 is 1.65 bits per heavy atom. The van der Waals surface area contributed by atoms with Crippen molar-refractivity contribution in [2.45, 2.75) is 51.4 Å². The van der Waals surface area contributed by atoms with E-state index in [9.17, 15) is 9.90 Å².